The maximum Gasteiger partial charge on any atom is 0.0595 e. The fraction of sp³-hybridized carbons (Fsp3) is 0.889. The highest BCUT2D eigenvalue weighted by atomic mass is 32.1. The number of thiol groups is 1. The molecule has 0 spiro atoms. The fourth-order valence-electron chi connectivity index (χ4n) is 0.627. The molecule has 72 valence electrons. The Balaban J connectivity index is 3.15. The monoisotopic (exact) mass is 206 g/mol. The van der Waals surface area contributed by atoms with Crippen molar-refractivity contribution < 1.29 is 4.74 Å². The van der Waals surface area contributed by atoms with Gasteiger partial charge in [-0.1, -0.05) is 19.0 Å². The van der Waals surface area contributed by atoms with Crippen LogP contribution in [0.2, 0.25) is 0 Å². The molecule has 12 heavy (non-hydrogen) atoms. The highest BCUT2D eigenvalue weighted by molar-refractivity contribution is 7.88. The predicted molar refractivity (Wildman–Crippen MR) is 60.5 cm³/mol. The summed E-state index contributed by atoms with van der Waals surface area (Å²) in [5, 5.41) is 3.00. The maximum absolute atomic E-state index is 5.40. The van der Waals surface area contributed by atoms with Crippen LogP contribution < -0.4 is 0 Å². The van der Waals surface area contributed by atoms with E-state index in [2.05, 4.69) is 31.7 Å². The summed E-state index contributed by atoms with van der Waals surface area (Å²) in [6, 6.07) is 0. The van der Waals surface area contributed by atoms with E-state index >= 15 is 0 Å². The predicted octanol–water partition coefficient (Wildman–Crippen LogP) is 2.81. The van der Waals surface area contributed by atoms with E-state index in [0.717, 1.165) is 25.4 Å². The molecule has 0 saturated heterocycles. The molecule has 0 aliphatic rings. The van der Waals surface area contributed by atoms with Crippen LogP contribution in [0.25, 0.3) is 0 Å². The molecule has 0 aliphatic carbocycles. The minimum Gasteiger partial charge on any atom is -0.380 e. The van der Waals surface area contributed by atoms with Crippen molar-refractivity contribution in [2.24, 2.45) is 0 Å². The van der Waals surface area contributed by atoms with Crippen molar-refractivity contribution in [1.29, 1.82) is 0 Å². The molecule has 0 bridgehead atoms. The van der Waals surface area contributed by atoms with Crippen LogP contribution in [-0.2, 0) is 4.74 Å². The van der Waals surface area contributed by atoms with Gasteiger partial charge in [-0.05, 0) is 13.3 Å². The second-order valence-corrected chi connectivity index (χ2v) is 5.54. The highest BCUT2D eigenvalue weighted by Crippen LogP contribution is 2.16. The van der Waals surface area contributed by atoms with Gasteiger partial charge in [-0.3, -0.25) is 0 Å². The fourth-order valence-corrected chi connectivity index (χ4v) is 1.12. The van der Waals surface area contributed by atoms with Gasteiger partial charge in [-0.15, -0.1) is 11.2 Å². The Morgan fingerprint density at radius 2 is 2.08 bits per heavy atom. The second kappa shape index (κ2) is 6.79. The minimum atomic E-state index is 0.0934. The van der Waals surface area contributed by atoms with Crippen molar-refractivity contribution in [1.82, 2.24) is 0 Å². The van der Waals surface area contributed by atoms with E-state index in [1.54, 1.807) is 11.2 Å². The lowest BCUT2D eigenvalue weighted by Crippen LogP contribution is -2.14. The standard InChI is InChI=1S/C9H18OS2/c1-4-12-8-7-10-6-5-9(2,3)11/h11H,5-8H2,1-3H3. The molecule has 0 N–H and O–H groups in total. The number of hydrogen-bond acceptors (Lipinski definition) is 2. The Bertz CT molecular complexity index is 162. The van der Waals surface area contributed by atoms with Gasteiger partial charge >= 0.3 is 0 Å². The van der Waals surface area contributed by atoms with E-state index in [1.165, 1.54) is 0 Å². The zero-order valence-electron chi connectivity index (χ0n) is 8.09. The van der Waals surface area contributed by atoms with Crippen molar-refractivity contribution >= 4 is 23.8 Å². The van der Waals surface area contributed by atoms with E-state index in [1.807, 2.05) is 6.92 Å². The first-order chi connectivity index (χ1) is 5.56. The number of ether oxygens (including phenoxy) is 1. The van der Waals surface area contributed by atoms with Crippen LogP contribution in [0.15, 0.2) is 0 Å². The third kappa shape index (κ3) is 10.3. The number of rotatable bonds is 5. The normalized spacial score (nSPS) is 11.0. The lowest BCUT2D eigenvalue weighted by atomic mass is 10.1. The Labute approximate surface area is 84.9 Å². The Morgan fingerprint density at radius 1 is 1.42 bits per heavy atom. The second-order valence-electron chi connectivity index (χ2n) is 3.23. The van der Waals surface area contributed by atoms with Gasteiger partial charge in [0.05, 0.1) is 6.61 Å². The molecule has 0 aromatic rings. The van der Waals surface area contributed by atoms with Crippen LogP contribution in [0.3, 0.4) is 0 Å². The minimum absolute atomic E-state index is 0.0934. The zero-order chi connectivity index (χ0) is 9.45. The quantitative estimate of drug-likeness (QED) is 0.537. The molecular weight excluding hydrogens is 188 g/mol. The third-order valence-electron chi connectivity index (χ3n) is 1.33. The van der Waals surface area contributed by atoms with Crippen molar-refractivity contribution in [3.05, 3.63) is 0 Å². The first kappa shape index (κ1) is 12.3. The Morgan fingerprint density at radius 3 is 2.58 bits per heavy atom. The van der Waals surface area contributed by atoms with Gasteiger partial charge < -0.3 is 4.74 Å². The molecule has 0 unspecified atom stereocenters. The van der Waals surface area contributed by atoms with Gasteiger partial charge in [0, 0.05) is 17.1 Å². The lowest BCUT2D eigenvalue weighted by molar-refractivity contribution is 0.142. The van der Waals surface area contributed by atoms with E-state index in [4.69, 9.17) is 4.74 Å². The molecule has 0 aromatic heterocycles. The summed E-state index contributed by atoms with van der Waals surface area (Å²) in [6.07, 6.45) is 1.00. The average Bonchev–Trinajstić information content (AvgIpc) is 1.94. The first-order valence-corrected chi connectivity index (χ1v) is 5.58. The molecule has 0 aromatic carbocycles. The van der Waals surface area contributed by atoms with E-state index in [-0.39, 0.29) is 4.75 Å². The van der Waals surface area contributed by atoms with Crippen molar-refractivity contribution in [3.63, 3.8) is 0 Å². The summed E-state index contributed by atoms with van der Waals surface area (Å²) in [5.74, 6) is 1.00. The molecule has 1 nitrogen and oxygen atoms in total. The summed E-state index contributed by atoms with van der Waals surface area (Å²) in [5.41, 5.74) is 0. The van der Waals surface area contributed by atoms with Gasteiger partial charge in [0.25, 0.3) is 0 Å². The number of hydrogen-bond donors (Lipinski definition) is 1. The lowest BCUT2D eigenvalue weighted by Gasteiger charge is -2.16. The van der Waals surface area contributed by atoms with Gasteiger partial charge in [0.2, 0.25) is 0 Å². The summed E-state index contributed by atoms with van der Waals surface area (Å²) < 4.78 is 5.50. The average molecular weight is 206 g/mol. The largest absolute Gasteiger partial charge is 0.380 e. The van der Waals surface area contributed by atoms with Crippen molar-refractivity contribution in [2.75, 3.05) is 19.0 Å². The molecule has 0 saturated carbocycles. The molecule has 0 radical (unpaired) electrons. The highest BCUT2D eigenvalue weighted by Gasteiger charge is 2.09. The molecule has 3 heteroatoms. The van der Waals surface area contributed by atoms with Crippen LogP contribution in [-0.4, -0.2) is 23.7 Å². The van der Waals surface area contributed by atoms with Crippen molar-refractivity contribution in [3.8, 4) is 5.18 Å². The maximum atomic E-state index is 5.40. The summed E-state index contributed by atoms with van der Waals surface area (Å²) in [7, 11) is 0. The van der Waals surface area contributed by atoms with Gasteiger partial charge in [0.1, 0.15) is 0 Å². The molecule has 0 fully saturated rings. The van der Waals surface area contributed by atoms with Gasteiger partial charge in [-0.2, -0.15) is 12.6 Å². The molecule has 0 atom stereocenters. The molecule has 0 heterocycles. The van der Waals surface area contributed by atoms with Gasteiger partial charge in [0.15, 0.2) is 0 Å². The first-order valence-electron chi connectivity index (χ1n) is 4.15. The van der Waals surface area contributed by atoms with Gasteiger partial charge in [-0.25, -0.2) is 0 Å². The molecule has 0 rings (SSSR count). The summed E-state index contributed by atoms with van der Waals surface area (Å²) >= 11 is 6.07. The Hall–Kier alpha value is 0.310. The zero-order valence-corrected chi connectivity index (χ0v) is 9.80. The molecular formula is C9H18OS2. The van der Waals surface area contributed by atoms with Crippen LogP contribution in [0, 0.1) is 5.18 Å². The van der Waals surface area contributed by atoms with Crippen LogP contribution in [0.4, 0.5) is 0 Å². The van der Waals surface area contributed by atoms with E-state index in [0.29, 0.717) is 0 Å². The van der Waals surface area contributed by atoms with Crippen LogP contribution in [0.5, 0.6) is 0 Å². The van der Waals surface area contributed by atoms with Crippen molar-refractivity contribution in [2.45, 2.75) is 31.9 Å². The summed E-state index contributed by atoms with van der Waals surface area (Å²) in [6.45, 7) is 7.74. The van der Waals surface area contributed by atoms with Crippen LogP contribution >= 0.6 is 23.8 Å². The van der Waals surface area contributed by atoms with Crippen LogP contribution in [0.1, 0.15) is 27.2 Å². The molecule has 0 amide bonds. The topological polar surface area (TPSA) is 9.23 Å². The van der Waals surface area contributed by atoms with E-state index in [9.17, 15) is 0 Å². The Kier molecular flexibility index (Phi) is 6.96. The SMILES string of the molecule is CC#SCCOCCC(C)(C)S. The van der Waals surface area contributed by atoms with E-state index < -0.39 is 0 Å². The molecule has 0 aliphatic heterocycles. The summed E-state index contributed by atoms with van der Waals surface area (Å²) in [4.78, 5) is 0. The third-order valence-corrected chi connectivity index (χ3v) is 2.22. The smallest absolute Gasteiger partial charge is 0.0595 e.